The summed E-state index contributed by atoms with van der Waals surface area (Å²) in [5, 5.41) is 2.85. The molecule has 7 heteroatoms. The van der Waals surface area contributed by atoms with Crippen molar-refractivity contribution >= 4 is 22.6 Å². The number of aromatic nitrogens is 2. The van der Waals surface area contributed by atoms with E-state index < -0.39 is 0 Å². The number of amides is 1. The molecule has 4 rings (SSSR count). The largest absolute Gasteiger partial charge is 0.497 e. The summed E-state index contributed by atoms with van der Waals surface area (Å²) in [5.74, 6) is 0.827. The van der Waals surface area contributed by atoms with Gasteiger partial charge in [0.05, 0.1) is 30.9 Å². The molecule has 0 aliphatic carbocycles. The number of methoxy groups -OCH3 is 2. The van der Waals surface area contributed by atoms with Gasteiger partial charge in [-0.15, -0.1) is 0 Å². The lowest BCUT2D eigenvalue weighted by Crippen LogP contribution is -2.23. The second kappa shape index (κ2) is 9.56. The number of fused-ring (bicyclic) bond motifs is 1. The first-order chi connectivity index (χ1) is 16.0. The maximum atomic E-state index is 13.2. The average Bonchev–Trinajstić information content (AvgIpc) is 2.85. The molecule has 0 spiro atoms. The molecule has 0 aliphatic heterocycles. The highest BCUT2D eigenvalue weighted by atomic mass is 16.5. The molecule has 168 valence electrons. The van der Waals surface area contributed by atoms with Gasteiger partial charge in [0.25, 0.3) is 11.5 Å². The van der Waals surface area contributed by atoms with Crippen molar-refractivity contribution in [2.45, 2.75) is 19.9 Å². The van der Waals surface area contributed by atoms with Crippen molar-refractivity contribution < 1.29 is 14.3 Å². The number of carbonyl (C=O) groups is 1. The molecule has 1 aromatic heterocycles. The highest BCUT2D eigenvalue weighted by molar-refractivity contribution is 6.05. The molecule has 1 amide bonds. The van der Waals surface area contributed by atoms with Crippen LogP contribution in [-0.2, 0) is 6.54 Å². The lowest BCUT2D eigenvalue weighted by Gasteiger charge is -2.13. The van der Waals surface area contributed by atoms with E-state index in [2.05, 4.69) is 10.3 Å². The number of ether oxygens (including phenoxy) is 2. The lowest BCUT2D eigenvalue weighted by atomic mass is 10.1. The van der Waals surface area contributed by atoms with E-state index in [4.69, 9.17) is 9.47 Å². The van der Waals surface area contributed by atoms with Gasteiger partial charge in [-0.05, 0) is 42.8 Å². The number of benzene rings is 3. The predicted octanol–water partition coefficient (Wildman–Crippen LogP) is 4.74. The zero-order chi connectivity index (χ0) is 23.4. The average molecular weight is 444 g/mol. The molecule has 7 nitrogen and oxygen atoms in total. The summed E-state index contributed by atoms with van der Waals surface area (Å²) >= 11 is 0. The zero-order valence-corrected chi connectivity index (χ0v) is 18.8. The van der Waals surface area contributed by atoms with Gasteiger partial charge < -0.3 is 19.4 Å². The number of aryl methyl sites for hydroxylation is 1. The fourth-order valence-electron chi connectivity index (χ4n) is 3.71. The van der Waals surface area contributed by atoms with Crippen LogP contribution in [0.2, 0.25) is 0 Å². The number of hydrogen-bond donors (Lipinski definition) is 1. The lowest BCUT2D eigenvalue weighted by molar-refractivity contribution is 0.102. The minimum absolute atomic E-state index is 0.145. The Balaban J connectivity index is 1.66. The quantitative estimate of drug-likeness (QED) is 0.446. The van der Waals surface area contributed by atoms with Crippen LogP contribution in [0.4, 0.5) is 5.69 Å². The topological polar surface area (TPSA) is 82.5 Å². The molecule has 4 aromatic rings. The van der Waals surface area contributed by atoms with E-state index in [1.165, 1.54) is 7.11 Å². The maximum Gasteiger partial charge on any atom is 0.277 e. The first-order valence-corrected chi connectivity index (χ1v) is 10.7. The van der Waals surface area contributed by atoms with Gasteiger partial charge in [-0.1, -0.05) is 31.2 Å². The van der Waals surface area contributed by atoms with E-state index in [0.29, 0.717) is 40.6 Å². The van der Waals surface area contributed by atoms with Gasteiger partial charge in [0.15, 0.2) is 0 Å². The Kier molecular flexibility index (Phi) is 6.40. The molecule has 0 saturated carbocycles. The molecule has 0 aliphatic rings. The van der Waals surface area contributed by atoms with Crippen LogP contribution in [0.25, 0.3) is 22.3 Å². The van der Waals surface area contributed by atoms with Crippen LogP contribution < -0.4 is 20.3 Å². The molecule has 3 aromatic carbocycles. The van der Waals surface area contributed by atoms with Crippen molar-refractivity contribution in [1.29, 1.82) is 0 Å². The number of nitrogens with one attached hydrogen (secondary N) is 1. The van der Waals surface area contributed by atoms with Crippen molar-refractivity contribution in [1.82, 2.24) is 9.55 Å². The monoisotopic (exact) mass is 443 g/mol. The fraction of sp³-hybridized carbons (Fsp3) is 0.192. The molecule has 33 heavy (non-hydrogen) atoms. The Hall–Kier alpha value is -4.13. The molecular weight excluding hydrogens is 418 g/mol. The number of anilines is 1. The van der Waals surface area contributed by atoms with Crippen LogP contribution >= 0.6 is 0 Å². The molecule has 0 radical (unpaired) electrons. The van der Waals surface area contributed by atoms with E-state index in [-0.39, 0.29) is 11.5 Å². The van der Waals surface area contributed by atoms with E-state index in [1.807, 2.05) is 31.2 Å². The fourth-order valence-corrected chi connectivity index (χ4v) is 3.71. The summed E-state index contributed by atoms with van der Waals surface area (Å²) in [7, 11) is 3.09. The number of carbonyl (C=O) groups excluding carboxylic acids is 1. The summed E-state index contributed by atoms with van der Waals surface area (Å²) < 4.78 is 12.3. The minimum atomic E-state index is -0.303. The summed E-state index contributed by atoms with van der Waals surface area (Å²) in [5.41, 5.74) is 3.40. The maximum absolute atomic E-state index is 13.2. The van der Waals surface area contributed by atoms with E-state index >= 15 is 0 Å². The van der Waals surface area contributed by atoms with Crippen molar-refractivity contribution in [2.75, 3.05) is 19.5 Å². The molecule has 0 saturated heterocycles. The third-order valence-electron chi connectivity index (χ3n) is 5.38. The molecule has 0 bridgehead atoms. The number of rotatable bonds is 7. The van der Waals surface area contributed by atoms with Gasteiger partial charge in [-0.2, -0.15) is 0 Å². The minimum Gasteiger partial charge on any atom is -0.497 e. The van der Waals surface area contributed by atoms with E-state index in [0.717, 1.165) is 17.5 Å². The van der Waals surface area contributed by atoms with Crippen LogP contribution in [0.3, 0.4) is 0 Å². The molecule has 0 unspecified atom stereocenters. The van der Waals surface area contributed by atoms with E-state index in [1.54, 1.807) is 54.1 Å². The van der Waals surface area contributed by atoms with Crippen molar-refractivity contribution in [3.8, 4) is 22.8 Å². The predicted molar refractivity (Wildman–Crippen MR) is 129 cm³/mol. The first kappa shape index (κ1) is 22.1. The highest BCUT2D eigenvalue weighted by Crippen LogP contribution is 2.29. The molecule has 1 N–H and O–H groups in total. The normalized spacial score (nSPS) is 10.8. The van der Waals surface area contributed by atoms with Crippen LogP contribution in [0.1, 0.15) is 23.7 Å². The summed E-state index contributed by atoms with van der Waals surface area (Å²) in [6, 6.07) is 19.6. The van der Waals surface area contributed by atoms with Gasteiger partial charge in [0.1, 0.15) is 17.2 Å². The summed E-state index contributed by atoms with van der Waals surface area (Å²) in [6.45, 7) is 2.64. The van der Waals surface area contributed by atoms with Gasteiger partial charge in [-0.3, -0.25) is 9.59 Å². The Morgan fingerprint density at radius 3 is 2.45 bits per heavy atom. The second-order valence-electron chi connectivity index (χ2n) is 7.50. The first-order valence-electron chi connectivity index (χ1n) is 10.7. The molecule has 0 fully saturated rings. The third kappa shape index (κ3) is 4.43. The van der Waals surface area contributed by atoms with Gasteiger partial charge >= 0.3 is 0 Å². The van der Waals surface area contributed by atoms with E-state index in [9.17, 15) is 9.59 Å². The SMILES string of the molecule is CCCn1c(=O)c(-c2ccc(C(=O)Nc3cc(OC)ccc3OC)cc2)nc2ccccc21. The van der Waals surface area contributed by atoms with Crippen molar-refractivity contribution in [3.63, 3.8) is 0 Å². The van der Waals surface area contributed by atoms with Gasteiger partial charge in [0, 0.05) is 23.7 Å². The highest BCUT2D eigenvalue weighted by Gasteiger charge is 2.15. The number of para-hydroxylation sites is 2. The van der Waals surface area contributed by atoms with Crippen molar-refractivity contribution in [2.24, 2.45) is 0 Å². The zero-order valence-electron chi connectivity index (χ0n) is 18.8. The van der Waals surface area contributed by atoms with Crippen LogP contribution in [0, 0.1) is 0 Å². The van der Waals surface area contributed by atoms with Gasteiger partial charge in [-0.25, -0.2) is 4.98 Å². The standard InChI is InChI=1S/C26H25N3O4/c1-4-15-29-22-8-6-5-7-20(22)27-24(26(29)31)17-9-11-18(12-10-17)25(30)28-21-16-19(32-2)13-14-23(21)33-3/h5-14,16H,4,15H2,1-3H3,(H,28,30). The Bertz CT molecular complexity index is 1360. The summed E-state index contributed by atoms with van der Waals surface area (Å²) in [4.78, 5) is 30.6. The van der Waals surface area contributed by atoms with Crippen LogP contribution in [-0.4, -0.2) is 29.7 Å². The smallest absolute Gasteiger partial charge is 0.277 e. The van der Waals surface area contributed by atoms with Crippen LogP contribution in [0.5, 0.6) is 11.5 Å². The number of hydrogen-bond acceptors (Lipinski definition) is 5. The Morgan fingerprint density at radius 1 is 1.00 bits per heavy atom. The second-order valence-corrected chi connectivity index (χ2v) is 7.50. The third-order valence-corrected chi connectivity index (χ3v) is 5.38. The summed E-state index contributed by atoms with van der Waals surface area (Å²) in [6.07, 6.45) is 0.834. The van der Waals surface area contributed by atoms with Crippen LogP contribution in [0.15, 0.2) is 71.5 Å². The molecule has 0 atom stereocenters. The molecular formula is C26H25N3O4. The van der Waals surface area contributed by atoms with Crippen molar-refractivity contribution in [3.05, 3.63) is 82.6 Å². The molecule has 1 heterocycles. The number of nitrogens with zero attached hydrogens (tertiary/aromatic N) is 2. The Morgan fingerprint density at radius 2 is 1.76 bits per heavy atom. The Labute approximate surface area is 191 Å². The van der Waals surface area contributed by atoms with Gasteiger partial charge in [0.2, 0.25) is 0 Å².